The highest BCUT2D eigenvalue weighted by molar-refractivity contribution is 5.92. The van der Waals surface area contributed by atoms with Gasteiger partial charge in [0.15, 0.2) is 0 Å². The third-order valence-corrected chi connectivity index (χ3v) is 3.87. The molecular weight excluding hydrogens is 240 g/mol. The molecule has 1 heterocycles. The van der Waals surface area contributed by atoms with Crippen LogP contribution < -0.4 is 10.6 Å². The van der Waals surface area contributed by atoms with Crippen molar-refractivity contribution in [3.8, 4) is 0 Å². The number of carbonyl (C=O) groups is 1. The fourth-order valence-electron chi connectivity index (χ4n) is 2.51. The van der Waals surface area contributed by atoms with Crippen LogP contribution in [0.25, 0.3) is 0 Å². The molecule has 0 amide bonds. The minimum atomic E-state index is -0.316. The highest BCUT2D eigenvalue weighted by Gasteiger charge is 2.27. The fraction of sp³-hybridized carbons (Fsp3) is 0.533. The normalized spacial score (nSPS) is 22.6. The van der Waals surface area contributed by atoms with E-state index in [9.17, 15) is 4.79 Å². The predicted molar refractivity (Wildman–Crippen MR) is 77.4 cm³/mol. The molecule has 0 radical (unpaired) electrons. The van der Waals surface area contributed by atoms with Gasteiger partial charge in [0, 0.05) is 13.1 Å². The van der Waals surface area contributed by atoms with Crippen LogP contribution in [0.5, 0.6) is 0 Å². The smallest absolute Gasteiger partial charge is 0.338 e. The van der Waals surface area contributed by atoms with Gasteiger partial charge >= 0.3 is 5.97 Å². The molecule has 1 aromatic rings. The molecule has 1 saturated heterocycles. The number of nitrogens with two attached hydrogens (primary N) is 1. The maximum absolute atomic E-state index is 11.6. The summed E-state index contributed by atoms with van der Waals surface area (Å²) in [7, 11) is 0. The van der Waals surface area contributed by atoms with Crippen molar-refractivity contribution in [3.63, 3.8) is 0 Å². The summed E-state index contributed by atoms with van der Waals surface area (Å²) in [6.07, 6.45) is 0. The van der Waals surface area contributed by atoms with Gasteiger partial charge in [0.2, 0.25) is 0 Å². The highest BCUT2D eigenvalue weighted by Crippen LogP contribution is 2.32. The van der Waals surface area contributed by atoms with E-state index in [1.54, 1.807) is 19.1 Å². The van der Waals surface area contributed by atoms with Crippen molar-refractivity contribution in [3.05, 3.63) is 23.8 Å². The second kappa shape index (κ2) is 5.51. The molecule has 0 aromatic heterocycles. The number of esters is 1. The SMILES string of the molecule is CCOC(=O)c1ccc(N2CC(C)C(C)C2)c(N)c1. The Morgan fingerprint density at radius 3 is 2.53 bits per heavy atom. The number of ether oxygens (including phenoxy) is 1. The maximum atomic E-state index is 11.6. The molecule has 1 aliphatic heterocycles. The molecule has 1 aromatic carbocycles. The standard InChI is InChI=1S/C15H22N2O2/c1-4-19-15(18)12-5-6-14(13(16)7-12)17-8-10(2)11(3)9-17/h5-7,10-11H,4,8-9,16H2,1-3H3. The van der Waals surface area contributed by atoms with Crippen LogP contribution in [0, 0.1) is 11.8 Å². The predicted octanol–water partition coefficient (Wildman–Crippen LogP) is 2.54. The molecule has 19 heavy (non-hydrogen) atoms. The summed E-state index contributed by atoms with van der Waals surface area (Å²) in [6, 6.07) is 5.42. The van der Waals surface area contributed by atoms with Crippen molar-refractivity contribution >= 4 is 17.3 Å². The van der Waals surface area contributed by atoms with E-state index in [1.807, 2.05) is 6.07 Å². The molecule has 0 bridgehead atoms. The zero-order valence-electron chi connectivity index (χ0n) is 11.8. The first kappa shape index (κ1) is 13.7. The zero-order chi connectivity index (χ0) is 14.0. The molecule has 0 saturated carbocycles. The molecule has 4 nitrogen and oxygen atoms in total. The van der Waals surface area contributed by atoms with Crippen molar-refractivity contribution in [2.45, 2.75) is 20.8 Å². The summed E-state index contributed by atoms with van der Waals surface area (Å²) in [5.41, 5.74) is 8.26. The Bertz CT molecular complexity index is 463. The van der Waals surface area contributed by atoms with Crippen LogP contribution in [0.15, 0.2) is 18.2 Å². The number of hydrogen-bond acceptors (Lipinski definition) is 4. The van der Waals surface area contributed by atoms with E-state index in [0.717, 1.165) is 18.8 Å². The largest absolute Gasteiger partial charge is 0.462 e. The molecule has 2 rings (SSSR count). The molecule has 1 fully saturated rings. The Labute approximate surface area is 114 Å². The average molecular weight is 262 g/mol. The molecule has 2 N–H and O–H groups in total. The number of hydrogen-bond donors (Lipinski definition) is 1. The molecule has 4 heteroatoms. The Balaban J connectivity index is 2.18. The highest BCUT2D eigenvalue weighted by atomic mass is 16.5. The van der Waals surface area contributed by atoms with Gasteiger partial charge in [0.25, 0.3) is 0 Å². The van der Waals surface area contributed by atoms with Crippen LogP contribution in [0.2, 0.25) is 0 Å². The molecular formula is C15H22N2O2. The molecule has 1 aliphatic rings. The van der Waals surface area contributed by atoms with Gasteiger partial charge in [-0.15, -0.1) is 0 Å². The van der Waals surface area contributed by atoms with E-state index < -0.39 is 0 Å². The molecule has 2 unspecified atom stereocenters. The van der Waals surface area contributed by atoms with Gasteiger partial charge in [-0.05, 0) is 37.0 Å². The lowest BCUT2D eigenvalue weighted by molar-refractivity contribution is 0.0526. The van der Waals surface area contributed by atoms with Gasteiger partial charge in [-0.2, -0.15) is 0 Å². The first-order valence-electron chi connectivity index (χ1n) is 6.84. The molecule has 0 aliphatic carbocycles. The van der Waals surface area contributed by atoms with E-state index in [0.29, 0.717) is 29.7 Å². The van der Waals surface area contributed by atoms with E-state index in [4.69, 9.17) is 10.5 Å². The van der Waals surface area contributed by atoms with Gasteiger partial charge in [-0.25, -0.2) is 4.79 Å². The third kappa shape index (κ3) is 2.83. The summed E-state index contributed by atoms with van der Waals surface area (Å²) in [6.45, 7) is 8.72. The lowest BCUT2D eigenvalue weighted by Crippen LogP contribution is -2.21. The van der Waals surface area contributed by atoms with E-state index >= 15 is 0 Å². The second-order valence-corrected chi connectivity index (χ2v) is 5.35. The minimum absolute atomic E-state index is 0.316. The van der Waals surface area contributed by atoms with Crippen molar-refractivity contribution in [2.24, 2.45) is 11.8 Å². The lowest BCUT2D eigenvalue weighted by Gasteiger charge is -2.20. The van der Waals surface area contributed by atoms with Gasteiger partial charge < -0.3 is 15.4 Å². The molecule has 2 atom stereocenters. The van der Waals surface area contributed by atoms with Crippen LogP contribution in [0.4, 0.5) is 11.4 Å². The number of carbonyl (C=O) groups excluding carboxylic acids is 1. The van der Waals surface area contributed by atoms with Crippen molar-refractivity contribution in [1.82, 2.24) is 0 Å². The summed E-state index contributed by atoms with van der Waals surface area (Å²) in [5.74, 6) is 1.03. The average Bonchev–Trinajstić information content (AvgIpc) is 2.69. The Morgan fingerprint density at radius 2 is 2.00 bits per heavy atom. The third-order valence-electron chi connectivity index (χ3n) is 3.87. The van der Waals surface area contributed by atoms with Crippen LogP contribution in [-0.4, -0.2) is 25.7 Å². The summed E-state index contributed by atoms with van der Waals surface area (Å²) in [4.78, 5) is 13.9. The van der Waals surface area contributed by atoms with Crippen LogP contribution in [-0.2, 0) is 4.74 Å². The van der Waals surface area contributed by atoms with Crippen LogP contribution in [0.3, 0.4) is 0 Å². The fourth-order valence-corrected chi connectivity index (χ4v) is 2.51. The lowest BCUT2D eigenvalue weighted by atomic mass is 10.0. The summed E-state index contributed by atoms with van der Waals surface area (Å²) >= 11 is 0. The minimum Gasteiger partial charge on any atom is -0.462 e. The maximum Gasteiger partial charge on any atom is 0.338 e. The van der Waals surface area contributed by atoms with Crippen molar-refractivity contribution in [2.75, 3.05) is 30.3 Å². The van der Waals surface area contributed by atoms with E-state index in [2.05, 4.69) is 18.7 Å². The number of rotatable bonds is 3. The molecule has 104 valence electrons. The second-order valence-electron chi connectivity index (χ2n) is 5.35. The van der Waals surface area contributed by atoms with Gasteiger partial charge in [-0.1, -0.05) is 13.8 Å². The number of anilines is 2. The van der Waals surface area contributed by atoms with Gasteiger partial charge in [0.05, 0.1) is 23.5 Å². The topological polar surface area (TPSA) is 55.6 Å². The van der Waals surface area contributed by atoms with Gasteiger partial charge in [0.1, 0.15) is 0 Å². The van der Waals surface area contributed by atoms with E-state index in [-0.39, 0.29) is 5.97 Å². The first-order valence-corrected chi connectivity index (χ1v) is 6.84. The van der Waals surface area contributed by atoms with Crippen molar-refractivity contribution in [1.29, 1.82) is 0 Å². The van der Waals surface area contributed by atoms with E-state index in [1.165, 1.54) is 0 Å². The van der Waals surface area contributed by atoms with Crippen LogP contribution in [0.1, 0.15) is 31.1 Å². The monoisotopic (exact) mass is 262 g/mol. The quantitative estimate of drug-likeness (QED) is 0.672. The number of nitrogen functional groups attached to an aromatic ring is 1. The Kier molecular flexibility index (Phi) is 3.98. The number of nitrogens with zero attached hydrogens (tertiary/aromatic N) is 1. The van der Waals surface area contributed by atoms with Crippen molar-refractivity contribution < 1.29 is 9.53 Å². The Hall–Kier alpha value is -1.71. The summed E-state index contributed by atoms with van der Waals surface area (Å²) < 4.78 is 4.97. The van der Waals surface area contributed by atoms with Crippen LogP contribution >= 0.6 is 0 Å². The Morgan fingerprint density at radius 1 is 1.37 bits per heavy atom. The summed E-state index contributed by atoms with van der Waals surface area (Å²) in [5, 5.41) is 0. The first-order chi connectivity index (χ1) is 9.02. The van der Waals surface area contributed by atoms with Gasteiger partial charge in [-0.3, -0.25) is 0 Å². The molecule has 0 spiro atoms. The zero-order valence-corrected chi connectivity index (χ0v) is 11.8. The number of benzene rings is 1.